The van der Waals surface area contributed by atoms with Crippen LogP contribution in [0.1, 0.15) is 115 Å². The Morgan fingerprint density at radius 3 is 1.93 bits per heavy atom. The van der Waals surface area contributed by atoms with E-state index in [2.05, 4.69) is 105 Å². The zero-order chi connectivity index (χ0) is 22.3. The first kappa shape index (κ1) is 22.9. The van der Waals surface area contributed by atoms with Gasteiger partial charge >= 0.3 is 0 Å². The molecule has 0 aliphatic heterocycles. The van der Waals surface area contributed by atoms with E-state index in [0.29, 0.717) is 5.92 Å². The summed E-state index contributed by atoms with van der Waals surface area (Å²) in [4.78, 5) is 0. The Kier molecular flexibility index (Phi) is 6.38. The lowest BCUT2D eigenvalue weighted by Gasteiger charge is -2.27. The van der Waals surface area contributed by atoms with Crippen LogP contribution in [0.4, 0.5) is 0 Å². The molecule has 0 aromatic heterocycles. The second-order valence-corrected chi connectivity index (χ2v) is 11.5. The van der Waals surface area contributed by atoms with Gasteiger partial charge in [-0.2, -0.15) is 0 Å². The summed E-state index contributed by atoms with van der Waals surface area (Å²) in [7, 11) is 0. The van der Waals surface area contributed by atoms with Gasteiger partial charge in [0, 0.05) is 6.42 Å². The van der Waals surface area contributed by atoms with Gasteiger partial charge in [0.2, 0.25) is 0 Å². The third-order valence-corrected chi connectivity index (χ3v) is 6.38. The van der Waals surface area contributed by atoms with Crippen molar-refractivity contribution in [3.05, 3.63) is 70.1 Å². The normalized spacial score (nSPS) is 14.3. The highest BCUT2D eigenvalue weighted by Crippen LogP contribution is 2.43. The van der Waals surface area contributed by atoms with Crippen molar-refractivity contribution in [3.8, 4) is 11.1 Å². The molecule has 0 nitrogen and oxygen atoms in total. The highest BCUT2D eigenvalue weighted by Gasteiger charge is 2.25. The monoisotopic (exact) mass is 401 g/mol. The van der Waals surface area contributed by atoms with Crippen LogP contribution in [0.3, 0.4) is 0 Å². The summed E-state index contributed by atoms with van der Waals surface area (Å²) in [5, 5.41) is 0. The number of allylic oxidation sites excluding steroid dienone is 1. The molecule has 0 N–H and O–H groups in total. The lowest BCUT2D eigenvalue weighted by molar-refractivity contribution is 0.569. The smallest absolute Gasteiger partial charge is 0.0164 e. The summed E-state index contributed by atoms with van der Waals surface area (Å²) >= 11 is 0. The molecule has 0 saturated heterocycles. The molecule has 0 unspecified atom stereocenters. The minimum Gasteiger partial charge on any atom is -0.0654 e. The molecule has 0 heterocycles. The summed E-state index contributed by atoms with van der Waals surface area (Å²) in [5.41, 5.74) is 11.7. The highest BCUT2D eigenvalue weighted by atomic mass is 14.3. The van der Waals surface area contributed by atoms with Gasteiger partial charge in [-0.1, -0.05) is 111 Å². The number of hydrogen-bond donors (Lipinski definition) is 0. The van der Waals surface area contributed by atoms with E-state index in [9.17, 15) is 0 Å². The molecule has 2 aromatic carbocycles. The van der Waals surface area contributed by atoms with Gasteiger partial charge in [-0.3, -0.25) is 0 Å². The first-order valence-corrected chi connectivity index (χ1v) is 11.8. The van der Waals surface area contributed by atoms with Crippen LogP contribution in [0.25, 0.3) is 17.2 Å². The summed E-state index contributed by atoms with van der Waals surface area (Å²) < 4.78 is 0. The van der Waals surface area contributed by atoms with Crippen LogP contribution in [0.15, 0.2) is 35.9 Å². The predicted molar refractivity (Wildman–Crippen MR) is 134 cm³/mol. The molecule has 0 bridgehead atoms. The molecule has 1 aliphatic carbocycles. The zero-order valence-corrected chi connectivity index (χ0v) is 20.7. The van der Waals surface area contributed by atoms with E-state index in [0.717, 1.165) is 0 Å². The Morgan fingerprint density at radius 2 is 1.43 bits per heavy atom. The van der Waals surface area contributed by atoms with E-state index in [1.165, 1.54) is 63.8 Å². The topological polar surface area (TPSA) is 0 Å². The Bertz CT molecular complexity index is 907. The average molecular weight is 402 g/mol. The van der Waals surface area contributed by atoms with Crippen LogP contribution < -0.4 is 0 Å². The van der Waals surface area contributed by atoms with Crippen molar-refractivity contribution in [1.29, 1.82) is 0 Å². The molecule has 0 heteroatoms. The van der Waals surface area contributed by atoms with Crippen LogP contribution in [-0.2, 0) is 10.8 Å². The maximum atomic E-state index is 2.47. The van der Waals surface area contributed by atoms with Crippen LogP contribution in [0.5, 0.6) is 0 Å². The van der Waals surface area contributed by atoms with Gasteiger partial charge in [0.1, 0.15) is 0 Å². The SMILES string of the molecule is CCCCC1=Cc2c(ccc(C(C)C)c2-c2cc(C(C)(C)C)cc(C(C)(C)C)c2)[CH]1. The van der Waals surface area contributed by atoms with E-state index in [1.54, 1.807) is 0 Å². The van der Waals surface area contributed by atoms with Crippen LogP contribution >= 0.6 is 0 Å². The summed E-state index contributed by atoms with van der Waals surface area (Å²) in [6, 6.07) is 12.0. The standard InChI is InChI=1S/C30H41/c1-10-11-12-21-15-22-13-14-26(20(2)3)28(27(22)16-21)23-17-24(29(4,5)6)19-25(18-23)30(7,8)9/h13-20H,10-12H2,1-9H3. The Morgan fingerprint density at radius 1 is 0.833 bits per heavy atom. The van der Waals surface area contributed by atoms with Gasteiger partial charge in [0.25, 0.3) is 0 Å². The van der Waals surface area contributed by atoms with Crippen LogP contribution in [-0.4, -0.2) is 0 Å². The van der Waals surface area contributed by atoms with E-state index >= 15 is 0 Å². The molecule has 1 aliphatic rings. The van der Waals surface area contributed by atoms with Crippen LogP contribution in [0.2, 0.25) is 0 Å². The van der Waals surface area contributed by atoms with Gasteiger partial charge in [0.15, 0.2) is 0 Å². The second kappa shape index (κ2) is 8.37. The molecule has 0 spiro atoms. The molecular weight excluding hydrogens is 360 g/mol. The molecule has 0 atom stereocenters. The van der Waals surface area contributed by atoms with Crippen LogP contribution in [0, 0.1) is 6.42 Å². The maximum Gasteiger partial charge on any atom is 0.0164 e. The van der Waals surface area contributed by atoms with Crippen molar-refractivity contribution < 1.29 is 0 Å². The quantitative estimate of drug-likeness (QED) is 0.468. The second-order valence-electron chi connectivity index (χ2n) is 11.5. The number of fused-ring (bicyclic) bond motifs is 1. The fraction of sp³-hybridized carbons (Fsp3) is 0.500. The first-order chi connectivity index (χ1) is 13.9. The van der Waals surface area contributed by atoms with Crippen molar-refractivity contribution in [2.45, 2.75) is 98.3 Å². The third-order valence-electron chi connectivity index (χ3n) is 6.38. The maximum absolute atomic E-state index is 2.47. The van der Waals surface area contributed by atoms with E-state index in [4.69, 9.17) is 0 Å². The highest BCUT2D eigenvalue weighted by molar-refractivity contribution is 5.86. The Labute approximate surface area is 185 Å². The van der Waals surface area contributed by atoms with Gasteiger partial charge < -0.3 is 0 Å². The molecule has 1 radical (unpaired) electrons. The molecule has 161 valence electrons. The van der Waals surface area contributed by atoms with Crippen molar-refractivity contribution in [2.24, 2.45) is 0 Å². The fourth-order valence-electron chi connectivity index (χ4n) is 4.33. The summed E-state index contributed by atoms with van der Waals surface area (Å²) in [6.07, 6.45) is 8.56. The molecule has 2 aromatic rings. The Balaban J connectivity index is 2.28. The predicted octanol–water partition coefficient (Wildman–Crippen LogP) is 9.21. The van der Waals surface area contributed by atoms with Gasteiger partial charge in [-0.25, -0.2) is 0 Å². The molecular formula is C30H41. The number of hydrogen-bond acceptors (Lipinski definition) is 0. The first-order valence-electron chi connectivity index (χ1n) is 11.8. The minimum absolute atomic E-state index is 0.125. The molecule has 0 fully saturated rings. The average Bonchev–Trinajstić information content (AvgIpc) is 3.06. The van der Waals surface area contributed by atoms with Crippen molar-refractivity contribution >= 4 is 6.08 Å². The van der Waals surface area contributed by atoms with E-state index in [1.807, 2.05) is 0 Å². The molecule has 30 heavy (non-hydrogen) atoms. The van der Waals surface area contributed by atoms with E-state index < -0.39 is 0 Å². The van der Waals surface area contributed by atoms with Gasteiger partial charge in [0.05, 0.1) is 0 Å². The number of unbranched alkanes of at least 4 members (excludes halogenated alkanes) is 1. The third kappa shape index (κ3) is 4.74. The summed E-state index contributed by atoms with van der Waals surface area (Å²) in [6.45, 7) is 20.9. The number of benzene rings is 2. The lowest BCUT2D eigenvalue weighted by Crippen LogP contribution is -2.16. The lowest BCUT2D eigenvalue weighted by atomic mass is 9.77. The molecule has 3 rings (SSSR count). The van der Waals surface area contributed by atoms with Crippen molar-refractivity contribution in [2.75, 3.05) is 0 Å². The Hall–Kier alpha value is -1.82. The minimum atomic E-state index is 0.125. The summed E-state index contributed by atoms with van der Waals surface area (Å²) in [5.74, 6) is 0.495. The largest absolute Gasteiger partial charge is 0.0654 e. The van der Waals surface area contributed by atoms with E-state index in [-0.39, 0.29) is 10.8 Å². The zero-order valence-electron chi connectivity index (χ0n) is 20.7. The number of rotatable bonds is 5. The van der Waals surface area contributed by atoms with Crippen molar-refractivity contribution in [1.82, 2.24) is 0 Å². The fourth-order valence-corrected chi connectivity index (χ4v) is 4.33. The molecule has 0 saturated carbocycles. The molecule has 0 amide bonds. The van der Waals surface area contributed by atoms with Crippen molar-refractivity contribution in [3.63, 3.8) is 0 Å². The van der Waals surface area contributed by atoms with Gasteiger partial charge in [-0.05, 0) is 68.5 Å². The van der Waals surface area contributed by atoms with Gasteiger partial charge in [-0.15, -0.1) is 0 Å².